The van der Waals surface area contributed by atoms with E-state index in [9.17, 15) is 44.7 Å². The predicted octanol–water partition coefficient (Wildman–Crippen LogP) is 3.55. The van der Waals surface area contributed by atoms with Crippen molar-refractivity contribution in [2.75, 3.05) is 0 Å². The lowest BCUT2D eigenvalue weighted by molar-refractivity contribution is -0.309. The topological polar surface area (TPSA) is 200 Å². The molecule has 46 heavy (non-hydrogen) atoms. The van der Waals surface area contributed by atoms with Crippen LogP contribution in [0, 0.1) is 30.6 Å². The molecule has 12 heteroatoms. The number of phenols is 2. The number of carbonyl (C=O) groups excluding carboxylic acids is 3. The zero-order valence-electron chi connectivity index (χ0n) is 27.0. The first kappa shape index (κ1) is 35.0. The number of amides is 1. The zero-order chi connectivity index (χ0) is 34.4. The number of Topliss-reactive ketones (excluding diaryl/α,β-unsaturated/α-hetero) is 1. The van der Waals surface area contributed by atoms with E-state index in [1.165, 1.54) is 19.9 Å². The van der Waals surface area contributed by atoms with E-state index >= 15 is 0 Å². The third-order valence-corrected chi connectivity index (χ3v) is 9.71. The number of carboxylic acid groups (broad SMARTS) is 1. The molecule has 0 radical (unpaired) electrons. The Bertz CT molecular complexity index is 1540. The van der Waals surface area contributed by atoms with Crippen LogP contribution in [0.3, 0.4) is 0 Å². The third kappa shape index (κ3) is 6.39. The molecule has 2 aliphatic heterocycles. The van der Waals surface area contributed by atoms with Gasteiger partial charge in [0.15, 0.2) is 11.6 Å². The quantitative estimate of drug-likeness (QED) is 0.161. The Morgan fingerprint density at radius 3 is 2.35 bits per heavy atom. The van der Waals surface area contributed by atoms with Crippen LogP contribution in [0.1, 0.15) is 91.0 Å². The number of aliphatic hydroxyl groups is 2. The van der Waals surface area contributed by atoms with E-state index in [0.29, 0.717) is 0 Å². The summed E-state index contributed by atoms with van der Waals surface area (Å²) in [6.07, 6.45) is 5.22. The van der Waals surface area contributed by atoms with E-state index < -0.39 is 87.2 Å². The van der Waals surface area contributed by atoms with Gasteiger partial charge in [-0.15, -0.1) is 0 Å². The molecule has 2 fully saturated rings. The molecule has 6 N–H and O–H groups in total. The van der Waals surface area contributed by atoms with Crippen LogP contribution in [-0.2, 0) is 14.3 Å². The smallest absolute Gasteiger partial charge is 0.340 e. The molecule has 250 valence electrons. The summed E-state index contributed by atoms with van der Waals surface area (Å²) >= 11 is 0. The van der Waals surface area contributed by atoms with Gasteiger partial charge in [-0.05, 0) is 27.2 Å². The van der Waals surface area contributed by atoms with Crippen molar-refractivity contribution in [3.8, 4) is 11.5 Å². The highest BCUT2D eigenvalue weighted by molar-refractivity contribution is 6.29. The molecule has 3 aliphatic rings. The number of nitrogens with one attached hydrogen (secondary N) is 1. The molecule has 9 unspecified atom stereocenters. The maximum absolute atomic E-state index is 13.1. The Labute approximate surface area is 267 Å². The Hall–Kier alpha value is -3.84. The number of ether oxygens (including phenoxy) is 2. The molecule has 0 saturated carbocycles. The van der Waals surface area contributed by atoms with Gasteiger partial charge in [-0.25, -0.2) is 4.79 Å². The number of allylic oxidation sites excluding steroid dienone is 4. The van der Waals surface area contributed by atoms with Crippen LogP contribution < -0.4 is 5.32 Å². The second-order valence-corrected chi connectivity index (χ2v) is 13.0. The van der Waals surface area contributed by atoms with Crippen LogP contribution in [0.5, 0.6) is 11.5 Å². The van der Waals surface area contributed by atoms with Crippen LogP contribution in [-0.4, -0.2) is 79.2 Å². The van der Waals surface area contributed by atoms with Gasteiger partial charge in [0.1, 0.15) is 17.1 Å². The number of rotatable bonds is 10. The molecule has 2 heterocycles. The highest BCUT2D eigenvalue weighted by Crippen LogP contribution is 2.45. The number of carboxylic acids is 1. The lowest BCUT2D eigenvalue weighted by atomic mass is 9.78. The van der Waals surface area contributed by atoms with Gasteiger partial charge < -0.3 is 40.3 Å². The van der Waals surface area contributed by atoms with Gasteiger partial charge in [0.2, 0.25) is 5.78 Å². The molecular formula is C34H43NO11. The van der Waals surface area contributed by atoms with Gasteiger partial charge in [-0.3, -0.25) is 14.4 Å². The predicted molar refractivity (Wildman–Crippen MR) is 165 cm³/mol. The average molecular weight is 642 g/mol. The third-order valence-electron chi connectivity index (χ3n) is 9.71. The lowest BCUT2D eigenvalue weighted by Gasteiger charge is -2.45. The van der Waals surface area contributed by atoms with Crippen LogP contribution in [0.15, 0.2) is 35.6 Å². The Morgan fingerprint density at radius 1 is 1.07 bits per heavy atom. The van der Waals surface area contributed by atoms with Crippen molar-refractivity contribution >= 4 is 23.4 Å². The summed E-state index contributed by atoms with van der Waals surface area (Å²) in [5.74, 6) is -7.70. The first-order chi connectivity index (χ1) is 21.4. The Kier molecular flexibility index (Phi) is 9.98. The van der Waals surface area contributed by atoms with Crippen molar-refractivity contribution in [2.45, 2.75) is 91.5 Å². The number of hydrogen-bond acceptors (Lipinski definition) is 10. The molecule has 4 rings (SSSR count). The fourth-order valence-electron chi connectivity index (χ4n) is 6.65. The standard InChI is InChI=1S/C34H43NO11/c1-14(26(37)17(4)27(38)19(6)31-16(3)22-11-12-34(7,45-22)46-31)9-8-10-15(2)32(42)35-20-13-21(36)23-24(30(20)41)28(39)18(5)29(40)25(23)33(43)44/h8-10,13-14,16-17,19,22,26-27,31,37-40H,11-12H2,1-7H3,(H,35,42)(H,43,44). The van der Waals surface area contributed by atoms with Gasteiger partial charge in [0, 0.05) is 47.3 Å². The van der Waals surface area contributed by atoms with E-state index in [4.69, 9.17) is 9.47 Å². The number of hydrogen-bond donors (Lipinski definition) is 6. The van der Waals surface area contributed by atoms with E-state index in [0.717, 1.165) is 18.9 Å². The monoisotopic (exact) mass is 641 g/mol. The lowest BCUT2D eigenvalue weighted by Crippen LogP contribution is -2.52. The van der Waals surface area contributed by atoms with Gasteiger partial charge in [-0.1, -0.05) is 45.9 Å². The minimum Gasteiger partial charge on any atom is -0.507 e. The van der Waals surface area contributed by atoms with Crippen molar-refractivity contribution in [2.24, 2.45) is 23.7 Å². The summed E-state index contributed by atoms with van der Waals surface area (Å²) in [6, 6.07) is 0. The average Bonchev–Trinajstić information content (AvgIpc) is 3.34. The van der Waals surface area contributed by atoms with Crippen molar-refractivity contribution in [1.29, 1.82) is 0 Å². The summed E-state index contributed by atoms with van der Waals surface area (Å²) in [6.45, 7) is 12.1. The van der Waals surface area contributed by atoms with Gasteiger partial charge in [0.05, 0.1) is 41.2 Å². The maximum atomic E-state index is 13.1. The van der Waals surface area contributed by atoms with Crippen LogP contribution >= 0.6 is 0 Å². The molecule has 1 amide bonds. The molecule has 2 saturated heterocycles. The van der Waals surface area contributed by atoms with E-state index in [1.807, 2.05) is 13.8 Å². The minimum atomic E-state index is -1.66. The number of aromatic carboxylic acids is 1. The minimum absolute atomic E-state index is 0.0761. The largest absolute Gasteiger partial charge is 0.507 e. The van der Waals surface area contributed by atoms with Crippen LogP contribution in [0.4, 0.5) is 0 Å². The van der Waals surface area contributed by atoms with E-state index in [2.05, 4.69) is 12.2 Å². The number of phenolic OH excluding ortho intramolecular Hbond substituents is 1. The summed E-state index contributed by atoms with van der Waals surface area (Å²) < 4.78 is 12.3. The van der Waals surface area contributed by atoms with E-state index in [-0.39, 0.29) is 35.2 Å². The van der Waals surface area contributed by atoms with Crippen molar-refractivity contribution < 1.29 is 54.2 Å². The number of benzene rings is 1. The molecule has 12 nitrogen and oxygen atoms in total. The first-order valence-corrected chi connectivity index (χ1v) is 15.4. The molecule has 2 bridgehead atoms. The fourth-order valence-corrected chi connectivity index (χ4v) is 6.65. The SMILES string of the molecule is CC(=CC=CC(C)C(O)C(C)C(O)C(C)C1OC2(C)CCC(O2)C1C)C(=O)NC1=CC(=O)c2c(C(=O)O)c(O)c(C)c(O)c2C1=O. The van der Waals surface area contributed by atoms with Crippen molar-refractivity contribution in [3.05, 3.63) is 57.8 Å². The van der Waals surface area contributed by atoms with Crippen LogP contribution in [0.25, 0.3) is 0 Å². The molecule has 9 atom stereocenters. The molecular weight excluding hydrogens is 598 g/mol. The number of fused-ring (bicyclic) bond motifs is 3. The van der Waals surface area contributed by atoms with Crippen molar-refractivity contribution in [1.82, 2.24) is 5.32 Å². The number of carbonyl (C=O) groups is 4. The summed E-state index contributed by atoms with van der Waals surface area (Å²) in [7, 11) is 0. The molecule has 1 aliphatic carbocycles. The second-order valence-electron chi connectivity index (χ2n) is 13.0. The Balaban J connectivity index is 1.40. The zero-order valence-corrected chi connectivity index (χ0v) is 27.0. The van der Waals surface area contributed by atoms with Gasteiger partial charge in [-0.2, -0.15) is 0 Å². The highest BCUT2D eigenvalue weighted by atomic mass is 16.7. The number of ketones is 2. The summed E-state index contributed by atoms with van der Waals surface area (Å²) in [4.78, 5) is 50.5. The molecule has 0 aromatic heterocycles. The number of aromatic hydroxyl groups is 2. The summed E-state index contributed by atoms with van der Waals surface area (Å²) in [5, 5.41) is 54.7. The van der Waals surface area contributed by atoms with Gasteiger partial charge >= 0.3 is 5.97 Å². The first-order valence-electron chi connectivity index (χ1n) is 15.4. The maximum Gasteiger partial charge on any atom is 0.340 e. The molecule has 0 spiro atoms. The normalized spacial score (nSPS) is 27.9. The second kappa shape index (κ2) is 13.1. The van der Waals surface area contributed by atoms with Crippen LogP contribution in [0.2, 0.25) is 0 Å². The highest BCUT2D eigenvalue weighted by Gasteiger charge is 2.51. The molecule has 1 aromatic rings. The summed E-state index contributed by atoms with van der Waals surface area (Å²) in [5.41, 5.74) is -2.73. The Morgan fingerprint density at radius 2 is 1.72 bits per heavy atom. The van der Waals surface area contributed by atoms with Gasteiger partial charge in [0.25, 0.3) is 5.91 Å². The molecule has 1 aromatic carbocycles. The fraction of sp³-hybridized carbons (Fsp3) is 0.529. The van der Waals surface area contributed by atoms with E-state index in [1.54, 1.807) is 26.0 Å². The van der Waals surface area contributed by atoms with Crippen molar-refractivity contribution in [3.63, 3.8) is 0 Å². The number of aliphatic hydroxyl groups excluding tert-OH is 2.